The molecule has 22 heavy (non-hydrogen) atoms. The molecule has 0 amide bonds. The number of ether oxygens (including phenoxy) is 2. The minimum atomic E-state index is -0.345. The molecule has 1 spiro atoms. The summed E-state index contributed by atoms with van der Waals surface area (Å²) in [6, 6.07) is 0. The predicted octanol–water partition coefficient (Wildman–Crippen LogP) is 2.91. The van der Waals surface area contributed by atoms with E-state index in [9.17, 15) is 9.59 Å². The molecule has 0 radical (unpaired) electrons. The maximum absolute atomic E-state index is 12.9. The number of rotatable bonds is 3. The molecule has 0 unspecified atom stereocenters. The van der Waals surface area contributed by atoms with Gasteiger partial charge in [0.1, 0.15) is 0 Å². The number of carbonyl (C=O) groups excluding carboxylic acids is 2. The molecule has 0 N–H and O–H groups in total. The number of carbonyl (C=O) groups is 2. The standard InChI is InChI=1S/C18H26O4/c1-12-9-15(19)18-11-22-10-13(18)5-4-6-14(18)17(12,2)8-7-16(20)21-3/h9,13-14H,4-8,10-11H2,1-3H3/t13-,14+,17-,18-/m1/s1. The minimum Gasteiger partial charge on any atom is -0.469 e. The summed E-state index contributed by atoms with van der Waals surface area (Å²) in [6.45, 7) is 5.53. The van der Waals surface area contributed by atoms with Crippen molar-refractivity contribution in [2.24, 2.45) is 22.7 Å². The molecule has 1 heterocycles. The van der Waals surface area contributed by atoms with Crippen LogP contribution in [0.1, 0.15) is 46.0 Å². The van der Waals surface area contributed by atoms with Crippen LogP contribution in [0.4, 0.5) is 0 Å². The van der Waals surface area contributed by atoms with Gasteiger partial charge in [0.05, 0.1) is 25.7 Å². The maximum atomic E-state index is 12.9. The zero-order valence-electron chi connectivity index (χ0n) is 13.8. The highest BCUT2D eigenvalue weighted by Gasteiger charge is 2.62. The monoisotopic (exact) mass is 306 g/mol. The third-order valence-corrected chi connectivity index (χ3v) is 6.61. The first-order chi connectivity index (χ1) is 10.4. The van der Waals surface area contributed by atoms with Crippen molar-refractivity contribution in [3.05, 3.63) is 11.6 Å². The Labute approximate surface area is 132 Å². The molecule has 4 nitrogen and oxygen atoms in total. The number of hydrogen-bond acceptors (Lipinski definition) is 4. The molecule has 3 rings (SSSR count). The van der Waals surface area contributed by atoms with Gasteiger partial charge < -0.3 is 9.47 Å². The Bertz CT molecular complexity index is 523. The Morgan fingerprint density at radius 1 is 1.45 bits per heavy atom. The van der Waals surface area contributed by atoms with Crippen LogP contribution in [-0.4, -0.2) is 32.1 Å². The summed E-state index contributed by atoms with van der Waals surface area (Å²) in [5.41, 5.74) is 0.654. The van der Waals surface area contributed by atoms with Gasteiger partial charge in [0, 0.05) is 6.42 Å². The van der Waals surface area contributed by atoms with Crippen molar-refractivity contribution in [1.82, 2.24) is 0 Å². The van der Waals surface area contributed by atoms with Gasteiger partial charge in [-0.25, -0.2) is 0 Å². The fourth-order valence-electron chi connectivity index (χ4n) is 5.13. The predicted molar refractivity (Wildman–Crippen MR) is 82.2 cm³/mol. The first-order valence-corrected chi connectivity index (χ1v) is 8.33. The lowest BCUT2D eigenvalue weighted by Crippen LogP contribution is -2.55. The van der Waals surface area contributed by atoms with Gasteiger partial charge in [0.15, 0.2) is 5.78 Å². The summed E-state index contributed by atoms with van der Waals surface area (Å²) in [6.07, 6.45) is 6.27. The number of hydrogen-bond donors (Lipinski definition) is 0. The average molecular weight is 306 g/mol. The quantitative estimate of drug-likeness (QED) is 0.752. The molecule has 0 aromatic heterocycles. The lowest BCUT2D eigenvalue weighted by Gasteiger charge is -2.54. The Hall–Kier alpha value is -1.16. The number of allylic oxidation sites excluding steroid dienone is 2. The van der Waals surface area contributed by atoms with Gasteiger partial charge in [-0.05, 0) is 49.5 Å². The Balaban J connectivity index is 1.97. The van der Waals surface area contributed by atoms with Crippen molar-refractivity contribution >= 4 is 11.8 Å². The topological polar surface area (TPSA) is 52.6 Å². The van der Waals surface area contributed by atoms with Crippen LogP contribution in [-0.2, 0) is 19.1 Å². The third kappa shape index (κ3) is 2.07. The molecule has 2 fully saturated rings. The minimum absolute atomic E-state index is 0.117. The van der Waals surface area contributed by atoms with Gasteiger partial charge in [0.25, 0.3) is 0 Å². The molecule has 0 bridgehead atoms. The third-order valence-electron chi connectivity index (χ3n) is 6.61. The number of methoxy groups -OCH3 is 1. The van der Waals surface area contributed by atoms with Gasteiger partial charge in [-0.1, -0.05) is 18.9 Å². The lowest BCUT2D eigenvalue weighted by atomic mass is 9.47. The van der Waals surface area contributed by atoms with Crippen LogP contribution in [0.15, 0.2) is 11.6 Å². The van der Waals surface area contributed by atoms with E-state index in [0.29, 0.717) is 25.6 Å². The van der Waals surface area contributed by atoms with Crippen molar-refractivity contribution in [2.45, 2.75) is 46.0 Å². The van der Waals surface area contributed by atoms with E-state index >= 15 is 0 Å². The lowest BCUT2D eigenvalue weighted by molar-refractivity contribution is -0.143. The molecule has 0 aromatic rings. The molecular formula is C18H26O4. The Kier molecular flexibility index (Phi) is 3.92. The molecule has 1 saturated carbocycles. The van der Waals surface area contributed by atoms with Crippen LogP contribution < -0.4 is 0 Å². The van der Waals surface area contributed by atoms with Crippen molar-refractivity contribution in [1.29, 1.82) is 0 Å². The molecule has 0 aromatic carbocycles. The highest BCUT2D eigenvalue weighted by atomic mass is 16.5. The zero-order chi connectivity index (χ0) is 16.0. The van der Waals surface area contributed by atoms with Crippen LogP contribution in [0, 0.1) is 22.7 Å². The fraction of sp³-hybridized carbons (Fsp3) is 0.778. The summed E-state index contributed by atoms with van der Waals surface area (Å²) in [5.74, 6) is 0.715. The van der Waals surface area contributed by atoms with E-state index in [1.54, 1.807) is 0 Å². The first-order valence-electron chi connectivity index (χ1n) is 8.33. The van der Waals surface area contributed by atoms with E-state index in [1.807, 2.05) is 13.0 Å². The van der Waals surface area contributed by atoms with Crippen molar-refractivity contribution in [3.8, 4) is 0 Å². The zero-order valence-corrected chi connectivity index (χ0v) is 13.8. The first kappa shape index (κ1) is 15.7. The second-order valence-corrected chi connectivity index (χ2v) is 7.42. The van der Waals surface area contributed by atoms with Gasteiger partial charge in [-0.3, -0.25) is 9.59 Å². The molecule has 122 valence electrons. The second-order valence-electron chi connectivity index (χ2n) is 7.42. The number of ketones is 1. The van der Waals surface area contributed by atoms with E-state index in [2.05, 4.69) is 6.92 Å². The van der Waals surface area contributed by atoms with Crippen LogP contribution in [0.3, 0.4) is 0 Å². The normalized spacial score (nSPS) is 40.7. The Morgan fingerprint density at radius 3 is 2.95 bits per heavy atom. The second kappa shape index (κ2) is 5.48. The Morgan fingerprint density at radius 2 is 2.23 bits per heavy atom. The largest absolute Gasteiger partial charge is 0.469 e. The molecule has 2 aliphatic carbocycles. The summed E-state index contributed by atoms with van der Waals surface area (Å²) in [4.78, 5) is 24.5. The summed E-state index contributed by atoms with van der Waals surface area (Å²) in [7, 11) is 1.43. The van der Waals surface area contributed by atoms with Gasteiger partial charge in [-0.15, -0.1) is 0 Å². The van der Waals surface area contributed by atoms with E-state index in [4.69, 9.17) is 9.47 Å². The summed E-state index contributed by atoms with van der Waals surface area (Å²) in [5, 5.41) is 0. The fourth-order valence-corrected chi connectivity index (χ4v) is 5.13. The smallest absolute Gasteiger partial charge is 0.305 e. The highest BCUT2D eigenvalue weighted by Crippen LogP contribution is 2.61. The van der Waals surface area contributed by atoms with E-state index in [1.165, 1.54) is 7.11 Å². The van der Waals surface area contributed by atoms with Crippen LogP contribution in [0.5, 0.6) is 0 Å². The molecule has 4 heteroatoms. The van der Waals surface area contributed by atoms with Gasteiger partial charge >= 0.3 is 5.97 Å². The summed E-state index contributed by atoms with van der Waals surface area (Å²) < 4.78 is 10.6. The van der Waals surface area contributed by atoms with Crippen LogP contribution >= 0.6 is 0 Å². The van der Waals surface area contributed by atoms with Crippen LogP contribution in [0.25, 0.3) is 0 Å². The van der Waals surface area contributed by atoms with Crippen molar-refractivity contribution in [3.63, 3.8) is 0 Å². The van der Waals surface area contributed by atoms with E-state index < -0.39 is 0 Å². The maximum Gasteiger partial charge on any atom is 0.305 e. The molecular weight excluding hydrogens is 280 g/mol. The molecule has 3 aliphatic rings. The molecule has 1 aliphatic heterocycles. The van der Waals surface area contributed by atoms with Gasteiger partial charge in [-0.2, -0.15) is 0 Å². The van der Waals surface area contributed by atoms with E-state index in [0.717, 1.165) is 31.3 Å². The number of esters is 1. The molecule has 1 saturated heterocycles. The molecule has 4 atom stereocenters. The van der Waals surface area contributed by atoms with Gasteiger partial charge in [0.2, 0.25) is 0 Å². The van der Waals surface area contributed by atoms with Crippen molar-refractivity contribution < 1.29 is 19.1 Å². The van der Waals surface area contributed by atoms with Crippen LogP contribution in [0.2, 0.25) is 0 Å². The van der Waals surface area contributed by atoms with E-state index in [-0.39, 0.29) is 28.5 Å². The SMILES string of the molecule is COC(=O)CC[C@]1(C)C(C)=CC(=O)[C@]23COC[C@H]2CCC[C@H]31. The summed E-state index contributed by atoms with van der Waals surface area (Å²) >= 11 is 0. The van der Waals surface area contributed by atoms with Crippen molar-refractivity contribution in [2.75, 3.05) is 20.3 Å². The highest BCUT2D eigenvalue weighted by molar-refractivity contribution is 5.98. The average Bonchev–Trinajstić information content (AvgIpc) is 2.95.